The summed E-state index contributed by atoms with van der Waals surface area (Å²) in [4.78, 5) is 8.39. The van der Waals surface area contributed by atoms with E-state index in [4.69, 9.17) is 0 Å². The van der Waals surface area contributed by atoms with Crippen molar-refractivity contribution in [2.75, 3.05) is 20.1 Å². The van der Waals surface area contributed by atoms with Crippen LogP contribution in [0, 0.1) is 0 Å². The van der Waals surface area contributed by atoms with Crippen LogP contribution in [0.4, 0.5) is 0 Å². The van der Waals surface area contributed by atoms with E-state index in [1.165, 1.54) is 11.3 Å². The van der Waals surface area contributed by atoms with Gasteiger partial charge in [0.05, 0.1) is 6.54 Å². The minimum atomic E-state index is -3.43. The van der Waals surface area contributed by atoms with Crippen molar-refractivity contribution in [2.24, 2.45) is 4.99 Å². The van der Waals surface area contributed by atoms with Crippen molar-refractivity contribution in [3.63, 3.8) is 0 Å². The van der Waals surface area contributed by atoms with Crippen LogP contribution in [0.15, 0.2) is 33.0 Å². The number of nitrogens with zero attached hydrogens (tertiary/aromatic N) is 4. The summed E-state index contributed by atoms with van der Waals surface area (Å²) in [5.74, 6) is 1.65. The smallest absolute Gasteiger partial charge is 0.250 e. The molecule has 1 aliphatic rings. The maximum absolute atomic E-state index is 12.0. The van der Waals surface area contributed by atoms with Gasteiger partial charge in [-0.3, -0.25) is 4.99 Å². The Bertz CT molecular complexity index is 814. The van der Waals surface area contributed by atoms with Gasteiger partial charge in [0, 0.05) is 32.6 Å². The lowest BCUT2D eigenvalue weighted by molar-refractivity contribution is 0.393. The molecule has 1 aliphatic heterocycles. The van der Waals surface area contributed by atoms with E-state index in [0.717, 1.165) is 25.2 Å². The Labute approximate surface area is 150 Å². The fourth-order valence-corrected chi connectivity index (χ4v) is 4.67. The van der Waals surface area contributed by atoms with Gasteiger partial charge in [-0.25, -0.2) is 22.8 Å². The summed E-state index contributed by atoms with van der Waals surface area (Å²) in [6.07, 6.45) is 3.39. The van der Waals surface area contributed by atoms with Crippen LogP contribution in [0.25, 0.3) is 0 Å². The summed E-state index contributed by atoms with van der Waals surface area (Å²) in [5.41, 5.74) is 0. The lowest BCUT2D eigenvalue weighted by Crippen LogP contribution is -2.48. The van der Waals surface area contributed by atoms with Gasteiger partial charge in [0.2, 0.25) is 10.0 Å². The molecule has 0 amide bonds. The molecule has 9 nitrogen and oxygen atoms in total. The molecule has 1 atom stereocenters. The zero-order valence-corrected chi connectivity index (χ0v) is 15.5. The van der Waals surface area contributed by atoms with E-state index < -0.39 is 10.0 Å². The average Bonchev–Trinajstić information content (AvgIpc) is 3.28. The fraction of sp³-hybridized carbons (Fsp3) is 0.500. The van der Waals surface area contributed by atoms with Crippen LogP contribution in [0.2, 0.25) is 0 Å². The Morgan fingerprint density at radius 3 is 3.12 bits per heavy atom. The minimum Gasteiger partial charge on any atom is -0.355 e. The van der Waals surface area contributed by atoms with Crippen LogP contribution in [0.3, 0.4) is 0 Å². The maximum atomic E-state index is 12.0. The van der Waals surface area contributed by atoms with Crippen LogP contribution in [0.1, 0.15) is 12.2 Å². The molecule has 136 valence electrons. The number of hydrogen-bond donors (Lipinski definition) is 3. The molecule has 3 heterocycles. The molecule has 25 heavy (non-hydrogen) atoms. The van der Waals surface area contributed by atoms with Gasteiger partial charge in [-0.15, -0.1) is 11.3 Å². The van der Waals surface area contributed by atoms with Crippen molar-refractivity contribution in [3.8, 4) is 0 Å². The highest BCUT2D eigenvalue weighted by Crippen LogP contribution is 2.14. The second kappa shape index (κ2) is 7.93. The van der Waals surface area contributed by atoms with Crippen LogP contribution < -0.4 is 15.4 Å². The first-order valence-corrected chi connectivity index (χ1v) is 10.3. The van der Waals surface area contributed by atoms with Crippen molar-refractivity contribution >= 4 is 27.3 Å². The second-order valence-corrected chi connectivity index (χ2v) is 8.51. The Morgan fingerprint density at radius 1 is 1.48 bits per heavy atom. The third kappa shape index (κ3) is 4.55. The Kier molecular flexibility index (Phi) is 5.66. The number of hydrogen-bond acceptors (Lipinski definition) is 6. The molecule has 0 spiro atoms. The van der Waals surface area contributed by atoms with Crippen molar-refractivity contribution in [2.45, 2.75) is 29.6 Å². The largest absolute Gasteiger partial charge is 0.355 e. The SMILES string of the molecule is CN=C(NCCNS(=O)(=O)c1cccs1)NC1CCc2ncnn2C1. The monoisotopic (exact) mass is 383 g/mol. The molecule has 0 radical (unpaired) electrons. The zero-order valence-electron chi connectivity index (χ0n) is 13.8. The molecule has 0 saturated heterocycles. The zero-order chi connectivity index (χ0) is 17.7. The summed E-state index contributed by atoms with van der Waals surface area (Å²) >= 11 is 1.20. The predicted octanol–water partition coefficient (Wildman–Crippen LogP) is -0.202. The molecule has 2 aromatic heterocycles. The van der Waals surface area contributed by atoms with Crippen molar-refractivity contribution < 1.29 is 8.42 Å². The highest BCUT2D eigenvalue weighted by Gasteiger charge is 2.20. The first kappa shape index (κ1) is 17.8. The highest BCUT2D eigenvalue weighted by atomic mass is 32.2. The standard InChI is InChI=1S/C14H21N7O2S2/c1-15-14(20-11-4-5-12-17-10-18-21(12)9-11)16-6-7-19-25(22,23)13-3-2-8-24-13/h2-3,8,10-11,19H,4-7,9H2,1H3,(H2,15,16,20). The molecule has 2 aromatic rings. The van der Waals surface area contributed by atoms with Gasteiger partial charge in [-0.1, -0.05) is 6.07 Å². The van der Waals surface area contributed by atoms with E-state index in [9.17, 15) is 8.42 Å². The van der Waals surface area contributed by atoms with Gasteiger partial charge >= 0.3 is 0 Å². The molecular formula is C14H21N7O2S2. The number of aryl methyl sites for hydroxylation is 1. The third-order valence-corrected chi connectivity index (χ3v) is 6.70. The van der Waals surface area contributed by atoms with Gasteiger partial charge in [-0.05, 0) is 17.9 Å². The number of fused-ring (bicyclic) bond motifs is 1. The van der Waals surface area contributed by atoms with Crippen LogP contribution in [-0.2, 0) is 23.0 Å². The number of thiophene rings is 1. The van der Waals surface area contributed by atoms with Crippen molar-refractivity contribution in [1.82, 2.24) is 30.1 Å². The molecule has 0 bridgehead atoms. The summed E-state index contributed by atoms with van der Waals surface area (Å²) in [6, 6.07) is 3.51. The van der Waals surface area contributed by atoms with Crippen molar-refractivity contribution in [3.05, 3.63) is 29.7 Å². The third-order valence-electron chi connectivity index (χ3n) is 3.84. The predicted molar refractivity (Wildman–Crippen MR) is 96.1 cm³/mol. The first-order valence-electron chi connectivity index (χ1n) is 7.95. The van der Waals surface area contributed by atoms with Crippen LogP contribution in [0.5, 0.6) is 0 Å². The quantitative estimate of drug-likeness (QED) is 0.362. The topological polar surface area (TPSA) is 113 Å². The highest BCUT2D eigenvalue weighted by molar-refractivity contribution is 7.91. The molecule has 3 rings (SSSR count). The number of sulfonamides is 1. The minimum absolute atomic E-state index is 0.211. The molecule has 3 N–H and O–H groups in total. The molecule has 0 saturated carbocycles. The molecular weight excluding hydrogens is 362 g/mol. The molecule has 0 fully saturated rings. The number of rotatable bonds is 6. The Hall–Kier alpha value is -1.98. The molecule has 0 aromatic carbocycles. The number of guanidine groups is 1. The van der Waals surface area contributed by atoms with Crippen LogP contribution in [-0.4, -0.2) is 55.3 Å². The second-order valence-electron chi connectivity index (χ2n) is 5.57. The van der Waals surface area contributed by atoms with Gasteiger partial charge in [0.1, 0.15) is 16.4 Å². The number of nitrogens with one attached hydrogen (secondary N) is 3. The number of aromatic nitrogens is 3. The maximum Gasteiger partial charge on any atom is 0.250 e. The Morgan fingerprint density at radius 2 is 2.36 bits per heavy atom. The van der Waals surface area contributed by atoms with Gasteiger partial charge in [0.15, 0.2) is 5.96 Å². The van der Waals surface area contributed by atoms with Crippen molar-refractivity contribution in [1.29, 1.82) is 0 Å². The summed E-state index contributed by atoms with van der Waals surface area (Å²) in [7, 11) is -1.74. The fourth-order valence-electron chi connectivity index (χ4n) is 2.60. The first-order chi connectivity index (χ1) is 12.1. The Balaban J connectivity index is 1.43. The molecule has 1 unspecified atom stereocenters. The molecule has 0 aliphatic carbocycles. The van der Waals surface area contributed by atoms with E-state index >= 15 is 0 Å². The lowest BCUT2D eigenvalue weighted by Gasteiger charge is -2.25. The average molecular weight is 384 g/mol. The summed E-state index contributed by atoms with van der Waals surface area (Å²) < 4.78 is 28.8. The van der Waals surface area contributed by atoms with E-state index in [1.807, 2.05) is 4.68 Å². The van der Waals surface area contributed by atoms with Gasteiger partial charge in [-0.2, -0.15) is 5.10 Å². The number of aliphatic imine (C=N–C) groups is 1. The van der Waals surface area contributed by atoms with Gasteiger partial charge in [0.25, 0.3) is 0 Å². The van der Waals surface area contributed by atoms with E-state index in [0.29, 0.717) is 16.7 Å². The lowest BCUT2D eigenvalue weighted by atomic mass is 10.1. The molecule has 11 heteroatoms. The summed E-state index contributed by atoms with van der Waals surface area (Å²) in [6.45, 7) is 1.45. The summed E-state index contributed by atoms with van der Waals surface area (Å²) in [5, 5.41) is 12.4. The van der Waals surface area contributed by atoms with E-state index in [2.05, 4.69) is 30.4 Å². The normalized spacial score (nSPS) is 18.0. The van der Waals surface area contributed by atoms with Crippen LogP contribution >= 0.6 is 11.3 Å². The van der Waals surface area contributed by atoms with E-state index in [1.54, 1.807) is 30.9 Å². The van der Waals surface area contributed by atoms with E-state index in [-0.39, 0.29) is 12.6 Å². The van der Waals surface area contributed by atoms with Gasteiger partial charge < -0.3 is 10.6 Å².